The highest BCUT2D eigenvalue weighted by Gasteiger charge is 2.63. The average molecular weight is 452 g/mol. The molecule has 1 saturated carbocycles. The molecular weight excluding hydrogens is 426 g/mol. The number of benzene rings is 1. The molecule has 0 saturated heterocycles. The summed E-state index contributed by atoms with van der Waals surface area (Å²) in [6.07, 6.45) is 6.58. The fraction of sp³-hybridized carbons (Fsp3) is 0.333. The second-order valence-electron chi connectivity index (χ2n) is 8.86. The molecule has 7 nitrogen and oxygen atoms in total. The van der Waals surface area contributed by atoms with Gasteiger partial charge in [0, 0.05) is 36.0 Å². The maximum atomic E-state index is 6.49. The maximum absolute atomic E-state index is 6.49. The van der Waals surface area contributed by atoms with Crippen molar-refractivity contribution in [2.45, 2.75) is 38.3 Å². The van der Waals surface area contributed by atoms with Crippen molar-refractivity contribution in [1.29, 1.82) is 0 Å². The van der Waals surface area contributed by atoms with Crippen molar-refractivity contribution in [2.75, 3.05) is 7.05 Å². The van der Waals surface area contributed by atoms with Crippen LogP contribution in [0.25, 0.3) is 11.1 Å². The Labute approximate surface area is 192 Å². The van der Waals surface area contributed by atoms with Crippen molar-refractivity contribution >= 4 is 17.6 Å². The van der Waals surface area contributed by atoms with Crippen LogP contribution in [0.1, 0.15) is 37.3 Å². The Balaban J connectivity index is 1.68. The first kappa shape index (κ1) is 21.0. The van der Waals surface area contributed by atoms with Gasteiger partial charge in [0.2, 0.25) is 11.7 Å². The molecule has 2 heterocycles. The molecule has 2 atom stereocenters. The number of guanidine groups is 1. The van der Waals surface area contributed by atoms with Gasteiger partial charge in [-0.25, -0.2) is 14.9 Å². The van der Waals surface area contributed by atoms with E-state index in [4.69, 9.17) is 37.9 Å². The number of halogens is 1. The fourth-order valence-corrected chi connectivity index (χ4v) is 5.54. The molecule has 1 aromatic heterocycles. The highest BCUT2D eigenvalue weighted by atomic mass is 35.5. The highest BCUT2D eigenvalue weighted by Crippen LogP contribution is 2.63. The zero-order valence-electron chi connectivity index (χ0n) is 18.2. The molecule has 0 radical (unpaired) electrons. The number of pyridine rings is 1. The van der Waals surface area contributed by atoms with Gasteiger partial charge in [0.05, 0.1) is 5.02 Å². The molecule has 2 spiro atoms. The molecule has 1 aliphatic heterocycles. The minimum absolute atomic E-state index is 0.341. The van der Waals surface area contributed by atoms with Crippen LogP contribution in [0, 0.1) is 5.41 Å². The van der Waals surface area contributed by atoms with E-state index >= 15 is 0 Å². The number of hydroxylamine groups is 2. The second kappa shape index (κ2) is 7.33. The van der Waals surface area contributed by atoms with Gasteiger partial charge in [-0.2, -0.15) is 5.90 Å². The largest absolute Gasteiger partial charge is 0.416 e. The van der Waals surface area contributed by atoms with Crippen LogP contribution in [0.2, 0.25) is 5.02 Å². The minimum atomic E-state index is -0.940. The summed E-state index contributed by atoms with van der Waals surface area (Å²) in [4.78, 5) is 20.8. The quantitative estimate of drug-likeness (QED) is 0.524. The summed E-state index contributed by atoms with van der Waals surface area (Å²) < 4.78 is 0. The summed E-state index contributed by atoms with van der Waals surface area (Å²) in [6.45, 7) is 6.12. The van der Waals surface area contributed by atoms with Crippen LogP contribution in [0.15, 0.2) is 65.1 Å². The van der Waals surface area contributed by atoms with Crippen molar-refractivity contribution in [3.05, 3.63) is 76.3 Å². The van der Waals surface area contributed by atoms with E-state index in [1.54, 1.807) is 24.5 Å². The van der Waals surface area contributed by atoms with Crippen LogP contribution in [-0.2, 0) is 21.8 Å². The molecule has 8 heteroatoms. The predicted molar refractivity (Wildman–Crippen MR) is 124 cm³/mol. The molecule has 2 aliphatic carbocycles. The second-order valence-corrected chi connectivity index (χ2v) is 9.29. The zero-order chi connectivity index (χ0) is 22.7. The first-order valence-electron chi connectivity index (χ1n) is 10.6. The van der Waals surface area contributed by atoms with Crippen LogP contribution >= 0.6 is 11.6 Å². The van der Waals surface area contributed by atoms with Crippen LogP contribution in [-0.4, -0.2) is 23.1 Å². The average Bonchev–Trinajstić information content (AvgIpc) is 3.22. The van der Waals surface area contributed by atoms with Crippen LogP contribution in [0.3, 0.4) is 0 Å². The smallest absolute Gasteiger partial charge is 0.221 e. The SMILES string of the molecule is C=C1CCC2(C/C1=C(\C)ON)Cc1ccc(-c3cncc(Cl)c3)cc1C21N=C(N)N(C)O1. The van der Waals surface area contributed by atoms with Gasteiger partial charge in [-0.05, 0) is 67.0 Å². The molecule has 166 valence electrons. The van der Waals surface area contributed by atoms with Gasteiger partial charge in [0.1, 0.15) is 5.76 Å². The first-order valence-corrected chi connectivity index (χ1v) is 10.9. The van der Waals surface area contributed by atoms with Crippen molar-refractivity contribution in [3.8, 4) is 11.1 Å². The first-order chi connectivity index (χ1) is 15.3. The minimum Gasteiger partial charge on any atom is -0.416 e. The van der Waals surface area contributed by atoms with Crippen LogP contribution in [0.5, 0.6) is 0 Å². The number of fused-ring (bicyclic) bond motifs is 3. The summed E-state index contributed by atoms with van der Waals surface area (Å²) in [5, 5.41) is 2.15. The molecule has 2 unspecified atom stereocenters. The van der Waals surface area contributed by atoms with Gasteiger partial charge in [0.15, 0.2) is 0 Å². The molecule has 1 fully saturated rings. The van der Waals surface area contributed by atoms with E-state index in [9.17, 15) is 0 Å². The molecule has 3 aliphatic rings. The van der Waals surface area contributed by atoms with Crippen molar-refractivity contribution in [3.63, 3.8) is 0 Å². The molecule has 32 heavy (non-hydrogen) atoms. The fourth-order valence-electron chi connectivity index (χ4n) is 5.36. The summed E-state index contributed by atoms with van der Waals surface area (Å²) in [6, 6.07) is 8.28. The molecule has 0 amide bonds. The number of hydrogen-bond donors (Lipinski definition) is 2. The van der Waals surface area contributed by atoms with E-state index in [1.165, 1.54) is 5.56 Å². The van der Waals surface area contributed by atoms with E-state index in [-0.39, 0.29) is 5.41 Å². The lowest BCUT2D eigenvalue weighted by atomic mass is 9.64. The normalized spacial score (nSPS) is 28.3. The van der Waals surface area contributed by atoms with E-state index in [0.717, 1.165) is 47.1 Å². The number of rotatable bonds is 2. The number of nitrogens with two attached hydrogens (primary N) is 2. The monoisotopic (exact) mass is 451 g/mol. The lowest BCUT2D eigenvalue weighted by Crippen LogP contribution is -2.45. The standard InChI is InChI=1S/C24H26ClN5O2/c1-14-6-7-23(11-20(14)15(2)31-27)10-17-5-4-16(18-8-19(25)13-28-12-18)9-21(17)24(23)29-22(26)30(3)32-24/h4-5,8-9,12-13H,1,6-7,10-11,27H2,2-3H3,(H2,26,29)/b20-15-. The number of allylic oxidation sites excluding steroid dienone is 3. The Kier molecular flexibility index (Phi) is 4.81. The third-order valence-electron chi connectivity index (χ3n) is 7.07. The van der Waals surface area contributed by atoms with Crippen LogP contribution < -0.4 is 11.6 Å². The molecular formula is C24H26ClN5O2. The van der Waals surface area contributed by atoms with Crippen LogP contribution in [0.4, 0.5) is 0 Å². The maximum Gasteiger partial charge on any atom is 0.221 e. The van der Waals surface area contributed by atoms with Gasteiger partial charge in [-0.15, -0.1) is 0 Å². The number of hydrogen-bond acceptors (Lipinski definition) is 7. The Morgan fingerprint density at radius 3 is 2.75 bits per heavy atom. The van der Waals surface area contributed by atoms with Crippen molar-refractivity contribution in [2.24, 2.45) is 22.0 Å². The molecule has 4 N–H and O–H groups in total. The molecule has 2 aromatic rings. The van der Waals surface area contributed by atoms with E-state index in [0.29, 0.717) is 23.2 Å². The molecule has 0 bridgehead atoms. The van der Waals surface area contributed by atoms with Gasteiger partial charge >= 0.3 is 0 Å². The highest BCUT2D eigenvalue weighted by molar-refractivity contribution is 6.30. The van der Waals surface area contributed by atoms with E-state index in [2.05, 4.69) is 29.8 Å². The van der Waals surface area contributed by atoms with E-state index in [1.807, 2.05) is 13.0 Å². The molecule has 5 rings (SSSR count). The van der Waals surface area contributed by atoms with Gasteiger partial charge < -0.3 is 10.6 Å². The number of nitrogens with zero attached hydrogens (tertiary/aromatic N) is 3. The summed E-state index contributed by atoms with van der Waals surface area (Å²) in [5.41, 5.74) is 11.2. The Morgan fingerprint density at radius 2 is 2.06 bits per heavy atom. The Hall–Kier alpha value is -2.87. The van der Waals surface area contributed by atoms with Crippen molar-refractivity contribution in [1.82, 2.24) is 10.0 Å². The van der Waals surface area contributed by atoms with Gasteiger partial charge in [-0.1, -0.05) is 30.3 Å². The lowest BCUT2D eigenvalue weighted by Gasteiger charge is -2.44. The summed E-state index contributed by atoms with van der Waals surface area (Å²) in [5.74, 6) is 6.55. The third kappa shape index (κ3) is 2.96. The third-order valence-corrected chi connectivity index (χ3v) is 7.28. The topological polar surface area (TPSA) is 99.0 Å². The van der Waals surface area contributed by atoms with E-state index < -0.39 is 5.72 Å². The van der Waals surface area contributed by atoms with Gasteiger partial charge in [-0.3, -0.25) is 4.98 Å². The Bertz CT molecular complexity index is 1190. The number of aromatic nitrogens is 1. The zero-order valence-corrected chi connectivity index (χ0v) is 18.9. The van der Waals surface area contributed by atoms with Gasteiger partial charge in [0.25, 0.3) is 0 Å². The summed E-state index contributed by atoms with van der Waals surface area (Å²) in [7, 11) is 1.79. The van der Waals surface area contributed by atoms with Crippen molar-refractivity contribution < 1.29 is 9.68 Å². The Morgan fingerprint density at radius 1 is 1.25 bits per heavy atom. The molecule has 1 aromatic carbocycles. The summed E-state index contributed by atoms with van der Waals surface area (Å²) >= 11 is 6.19. The predicted octanol–water partition coefficient (Wildman–Crippen LogP) is 4.19. The lowest BCUT2D eigenvalue weighted by molar-refractivity contribution is -0.224. The number of aliphatic imine (C=N–C) groups is 1.